The zero-order valence-electron chi connectivity index (χ0n) is 14.5. The molecular weight excluding hydrogens is 350 g/mol. The van der Waals surface area contributed by atoms with Crippen LogP contribution in [0.5, 0.6) is 11.5 Å². The maximum atomic E-state index is 12.3. The van der Waals surface area contributed by atoms with Crippen LogP contribution in [0.15, 0.2) is 71.6 Å². The van der Waals surface area contributed by atoms with Gasteiger partial charge >= 0.3 is 0 Å². The van der Waals surface area contributed by atoms with Crippen LogP contribution in [0.3, 0.4) is 0 Å². The zero-order chi connectivity index (χ0) is 18.4. The molecule has 3 aromatic carbocycles. The Morgan fingerprint density at radius 3 is 2.38 bits per heavy atom. The van der Waals surface area contributed by atoms with Crippen molar-refractivity contribution in [3.05, 3.63) is 66.7 Å². The quantitative estimate of drug-likeness (QED) is 0.615. The summed E-state index contributed by atoms with van der Waals surface area (Å²) < 4.78 is 38.3. The van der Waals surface area contributed by atoms with E-state index in [1.807, 2.05) is 49.4 Å². The minimum absolute atomic E-state index is 0.179. The normalized spacial score (nSPS) is 11.4. The van der Waals surface area contributed by atoms with Crippen LogP contribution in [0.4, 0.5) is 0 Å². The van der Waals surface area contributed by atoms with E-state index in [0.717, 1.165) is 16.5 Å². The first-order valence-electron chi connectivity index (χ1n) is 8.43. The molecule has 0 atom stereocenters. The van der Waals surface area contributed by atoms with Crippen LogP contribution in [0.25, 0.3) is 10.8 Å². The highest BCUT2D eigenvalue weighted by Gasteiger charge is 2.13. The van der Waals surface area contributed by atoms with Crippen LogP contribution in [0.2, 0.25) is 0 Å². The first kappa shape index (κ1) is 18.2. The topological polar surface area (TPSA) is 64.6 Å². The Morgan fingerprint density at radius 1 is 0.885 bits per heavy atom. The van der Waals surface area contributed by atoms with Gasteiger partial charge in [0.1, 0.15) is 18.1 Å². The van der Waals surface area contributed by atoms with Crippen molar-refractivity contribution < 1.29 is 17.9 Å². The maximum absolute atomic E-state index is 12.3. The first-order chi connectivity index (χ1) is 12.6. The highest BCUT2D eigenvalue weighted by atomic mass is 32.2. The molecule has 0 aromatic heterocycles. The predicted octanol–water partition coefficient (Wildman–Crippen LogP) is 3.60. The minimum Gasteiger partial charge on any atom is -0.494 e. The van der Waals surface area contributed by atoms with Crippen molar-refractivity contribution in [2.45, 2.75) is 11.8 Å². The Labute approximate surface area is 153 Å². The summed E-state index contributed by atoms with van der Waals surface area (Å²) in [7, 11) is -3.57. The third-order valence-corrected chi connectivity index (χ3v) is 5.32. The molecule has 3 rings (SSSR count). The molecule has 26 heavy (non-hydrogen) atoms. The summed E-state index contributed by atoms with van der Waals surface area (Å²) in [6, 6.07) is 20.1. The number of benzene rings is 3. The van der Waals surface area contributed by atoms with Crippen molar-refractivity contribution in [3.8, 4) is 11.5 Å². The average Bonchev–Trinajstić information content (AvgIpc) is 2.66. The summed E-state index contributed by atoms with van der Waals surface area (Å²) in [4.78, 5) is 0.200. The van der Waals surface area contributed by atoms with Gasteiger partial charge in [-0.2, -0.15) is 0 Å². The molecule has 0 heterocycles. The summed E-state index contributed by atoms with van der Waals surface area (Å²) in [6.45, 7) is 2.83. The van der Waals surface area contributed by atoms with E-state index in [0.29, 0.717) is 12.4 Å². The molecule has 0 radical (unpaired) electrons. The van der Waals surface area contributed by atoms with Crippen LogP contribution in [0, 0.1) is 0 Å². The Kier molecular flexibility index (Phi) is 5.75. The van der Waals surface area contributed by atoms with Crippen LogP contribution in [0.1, 0.15) is 6.92 Å². The number of fused-ring (bicyclic) bond motifs is 1. The van der Waals surface area contributed by atoms with E-state index in [2.05, 4.69) is 4.72 Å². The average molecular weight is 371 g/mol. The zero-order valence-corrected chi connectivity index (χ0v) is 15.3. The van der Waals surface area contributed by atoms with Crippen molar-refractivity contribution in [2.24, 2.45) is 0 Å². The molecule has 1 N–H and O–H groups in total. The fraction of sp³-hybridized carbons (Fsp3) is 0.200. The molecule has 0 aliphatic rings. The van der Waals surface area contributed by atoms with E-state index >= 15 is 0 Å². The van der Waals surface area contributed by atoms with Crippen LogP contribution < -0.4 is 14.2 Å². The number of hydrogen-bond acceptors (Lipinski definition) is 4. The van der Waals surface area contributed by atoms with Gasteiger partial charge in [0.15, 0.2) is 0 Å². The van der Waals surface area contributed by atoms with Gasteiger partial charge in [-0.3, -0.25) is 0 Å². The number of sulfonamides is 1. The van der Waals surface area contributed by atoms with E-state index in [1.54, 1.807) is 12.1 Å². The van der Waals surface area contributed by atoms with Gasteiger partial charge in [-0.1, -0.05) is 36.4 Å². The summed E-state index contributed by atoms with van der Waals surface area (Å²) in [5.74, 6) is 1.38. The second kappa shape index (κ2) is 8.21. The van der Waals surface area contributed by atoms with E-state index in [9.17, 15) is 8.42 Å². The van der Waals surface area contributed by atoms with Crippen molar-refractivity contribution in [1.82, 2.24) is 4.72 Å². The standard InChI is InChI=1S/C20H21NO4S/c1-2-24-17-10-12-18(13-11-17)26(22,23)21-14-15-25-20-9-5-7-16-6-3-4-8-19(16)20/h3-13,21H,2,14-15H2,1H3. The highest BCUT2D eigenvalue weighted by Crippen LogP contribution is 2.25. The van der Waals surface area contributed by atoms with E-state index < -0.39 is 10.0 Å². The molecule has 6 heteroatoms. The second-order valence-electron chi connectivity index (χ2n) is 5.63. The molecule has 0 amide bonds. The van der Waals surface area contributed by atoms with E-state index in [-0.39, 0.29) is 18.0 Å². The Balaban J connectivity index is 1.58. The molecule has 5 nitrogen and oxygen atoms in total. The van der Waals surface area contributed by atoms with E-state index in [1.165, 1.54) is 12.1 Å². The fourth-order valence-corrected chi connectivity index (χ4v) is 3.64. The molecule has 0 bridgehead atoms. The Morgan fingerprint density at radius 2 is 1.62 bits per heavy atom. The van der Waals surface area contributed by atoms with Gasteiger partial charge < -0.3 is 9.47 Å². The smallest absolute Gasteiger partial charge is 0.240 e. The largest absolute Gasteiger partial charge is 0.494 e. The number of hydrogen-bond donors (Lipinski definition) is 1. The maximum Gasteiger partial charge on any atom is 0.240 e. The summed E-state index contributed by atoms with van der Waals surface area (Å²) in [5, 5.41) is 2.09. The predicted molar refractivity (Wildman–Crippen MR) is 102 cm³/mol. The molecule has 0 spiro atoms. The molecule has 0 saturated heterocycles. The molecule has 0 aliphatic heterocycles. The Bertz CT molecular complexity index is 963. The van der Waals surface area contributed by atoms with Gasteiger partial charge in [-0.15, -0.1) is 0 Å². The van der Waals surface area contributed by atoms with Crippen molar-refractivity contribution in [2.75, 3.05) is 19.8 Å². The van der Waals surface area contributed by atoms with Crippen LogP contribution in [-0.2, 0) is 10.0 Å². The Hall–Kier alpha value is -2.57. The molecular formula is C20H21NO4S. The minimum atomic E-state index is -3.57. The third-order valence-electron chi connectivity index (χ3n) is 3.85. The van der Waals surface area contributed by atoms with Crippen molar-refractivity contribution >= 4 is 20.8 Å². The van der Waals surface area contributed by atoms with Gasteiger partial charge in [0.2, 0.25) is 10.0 Å². The van der Waals surface area contributed by atoms with Crippen LogP contribution >= 0.6 is 0 Å². The fourth-order valence-electron chi connectivity index (χ4n) is 2.62. The second-order valence-corrected chi connectivity index (χ2v) is 7.39. The van der Waals surface area contributed by atoms with Crippen LogP contribution in [-0.4, -0.2) is 28.2 Å². The van der Waals surface area contributed by atoms with E-state index in [4.69, 9.17) is 9.47 Å². The first-order valence-corrected chi connectivity index (χ1v) is 9.91. The number of nitrogens with one attached hydrogen (secondary N) is 1. The SMILES string of the molecule is CCOc1ccc(S(=O)(=O)NCCOc2cccc3ccccc23)cc1. The lowest BCUT2D eigenvalue weighted by Crippen LogP contribution is -2.28. The van der Waals surface area contributed by atoms with Crippen molar-refractivity contribution in [1.29, 1.82) is 0 Å². The number of ether oxygens (including phenoxy) is 2. The summed E-state index contributed by atoms with van der Waals surface area (Å²) in [5.41, 5.74) is 0. The molecule has 0 fully saturated rings. The third kappa shape index (κ3) is 4.33. The van der Waals surface area contributed by atoms with Gasteiger partial charge in [0.05, 0.1) is 11.5 Å². The molecule has 0 aliphatic carbocycles. The van der Waals surface area contributed by atoms with Gasteiger partial charge in [0.25, 0.3) is 0 Å². The molecule has 0 saturated carbocycles. The molecule has 136 valence electrons. The highest BCUT2D eigenvalue weighted by molar-refractivity contribution is 7.89. The molecule has 0 unspecified atom stereocenters. The lowest BCUT2D eigenvalue weighted by molar-refractivity contribution is 0.326. The lowest BCUT2D eigenvalue weighted by atomic mass is 10.1. The van der Waals surface area contributed by atoms with Gasteiger partial charge in [0, 0.05) is 11.9 Å². The van der Waals surface area contributed by atoms with Gasteiger partial charge in [-0.25, -0.2) is 13.1 Å². The van der Waals surface area contributed by atoms with Crippen molar-refractivity contribution in [3.63, 3.8) is 0 Å². The molecule has 3 aromatic rings. The summed E-state index contributed by atoms with van der Waals surface area (Å²) >= 11 is 0. The summed E-state index contributed by atoms with van der Waals surface area (Å²) in [6.07, 6.45) is 0. The van der Waals surface area contributed by atoms with Gasteiger partial charge in [-0.05, 0) is 42.6 Å². The lowest BCUT2D eigenvalue weighted by Gasteiger charge is -2.11. The number of rotatable bonds is 8. The monoisotopic (exact) mass is 371 g/mol.